The molecule has 1 amide bonds. The molecule has 0 bridgehead atoms. The molecule has 0 spiro atoms. The van der Waals surface area contributed by atoms with Gasteiger partial charge in [-0.3, -0.25) is 9.78 Å². The number of amides is 1. The molecule has 8 heteroatoms. The van der Waals surface area contributed by atoms with E-state index in [0.717, 1.165) is 29.6 Å². The van der Waals surface area contributed by atoms with Gasteiger partial charge in [0.15, 0.2) is 11.5 Å². The summed E-state index contributed by atoms with van der Waals surface area (Å²) in [6, 6.07) is 13.6. The van der Waals surface area contributed by atoms with Crippen molar-refractivity contribution in [2.45, 2.75) is 31.5 Å². The maximum atomic E-state index is 12.3. The van der Waals surface area contributed by atoms with Crippen LogP contribution in [-0.2, 0) is 6.54 Å². The number of nitrogens with zero attached hydrogens (tertiary/aromatic N) is 5. The molecule has 3 heterocycles. The van der Waals surface area contributed by atoms with Crippen molar-refractivity contribution < 1.29 is 4.79 Å². The number of carbonyl (C=O) groups is 1. The van der Waals surface area contributed by atoms with Crippen molar-refractivity contribution in [2.75, 3.05) is 5.32 Å². The Balaban J connectivity index is 1.25. The predicted octanol–water partition coefficient (Wildman–Crippen LogP) is 2.97. The van der Waals surface area contributed by atoms with Gasteiger partial charge >= 0.3 is 0 Å². The Morgan fingerprint density at radius 2 is 1.93 bits per heavy atom. The molecule has 0 atom stereocenters. The number of imidazole rings is 1. The van der Waals surface area contributed by atoms with Crippen LogP contribution in [0.25, 0.3) is 11.2 Å². The second-order valence-corrected chi connectivity index (χ2v) is 7.42. The third-order valence-electron chi connectivity index (χ3n) is 5.42. The minimum Gasteiger partial charge on any atom is -0.364 e. The normalized spacial score (nSPS) is 18.0. The molecule has 3 aromatic heterocycles. The Labute approximate surface area is 173 Å². The second-order valence-electron chi connectivity index (χ2n) is 7.42. The number of hydrogen-bond acceptors (Lipinski definition) is 6. The van der Waals surface area contributed by atoms with Gasteiger partial charge in [0.1, 0.15) is 11.8 Å². The number of benzene rings is 1. The van der Waals surface area contributed by atoms with E-state index in [1.54, 1.807) is 12.5 Å². The van der Waals surface area contributed by atoms with Crippen LogP contribution in [0, 0.1) is 0 Å². The molecule has 30 heavy (non-hydrogen) atoms. The van der Waals surface area contributed by atoms with Gasteiger partial charge in [0.2, 0.25) is 0 Å². The van der Waals surface area contributed by atoms with Crippen LogP contribution in [0.5, 0.6) is 0 Å². The van der Waals surface area contributed by atoms with Crippen molar-refractivity contribution in [3.8, 4) is 0 Å². The highest BCUT2D eigenvalue weighted by Gasteiger charge is 2.33. The number of nitrogens with one attached hydrogen (secondary N) is 2. The maximum absolute atomic E-state index is 12.3. The highest BCUT2D eigenvalue weighted by atomic mass is 16.1. The van der Waals surface area contributed by atoms with Crippen LogP contribution < -0.4 is 10.6 Å². The lowest BCUT2D eigenvalue weighted by atomic mass is 9.86. The van der Waals surface area contributed by atoms with E-state index in [4.69, 9.17) is 0 Å². The van der Waals surface area contributed by atoms with Gasteiger partial charge in [0, 0.05) is 36.6 Å². The first kappa shape index (κ1) is 18.2. The first-order valence-corrected chi connectivity index (χ1v) is 9.94. The second kappa shape index (κ2) is 7.90. The third-order valence-corrected chi connectivity index (χ3v) is 5.42. The Morgan fingerprint density at radius 1 is 1.07 bits per heavy atom. The zero-order valence-electron chi connectivity index (χ0n) is 16.3. The molecule has 4 aromatic rings. The molecule has 1 aromatic carbocycles. The molecule has 0 saturated heterocycles. The van der Waals surface area contributed by atoms with E-state index in [0.29, 0.717) is 17.9 Å². The number of fused-ring (bicyclic) bond motifs is 1. The average molecular weight is 399 g/mol. The summed E-state index contributed by atoms with van der Waals surface area (Å²) in [5.41, 5.74) is 3.31. The largest absolute Gasteiger partial charge is 0.364 e. The van der Waals surface area contributed by atoms with Gasteiger partial charge in [0.25, 0.3) is 5.91 Å². The minimum absolute atomic E-state index is 0.0289. The minimum atomic E-state index is -0.0289. The van der Waals surface area contributed by atoms with Crippen LogP contribution in [0.4, 0.5) is 5.82 Å². The van der Waals surface area contributed by atoms with Gasteiger partial charge in [-0.05, 0) is 36.6 Å². The molecule has 1 aliphatic rings. The zero-order valence-corrected chi connectivity index (χ0v) is 16.3. The van der Waals surface area contributed by atoms with E-state index >= 15 is 0 Å². The summed E-state index contributed by atoms with van der Waals surface area (Å²) in [5, 5.41) is 6.42. The average Bonchev–Trinajstić information content (AvgIpc) is 3.20. The predicted molar refractivity (Wildman–Crippen MR) is 113 cm³/mol. The summed E-state index contributed by atoms with van der Waals surface area (Å²) in [6.07, 6.45) is 8.65. The maximum Gasteiger partial charge on any atom is 0.251 e. The molecule has 1 fully saturated rings. The van der Waals surface area contributed by atoms with Crippen LogP contribution >= 0.6 is 0 Å². The number of rotatable bonds is 6. The molecule has 150 valence electrons. The quantitative estimate of drug-likeness (QED) is 0.517. The van der Waals surface area contributed by atoms with E-state index in [9.17, 15) is 4.79 Å². The molecule has 8 nitrogen and oxygen atoms in total. The Bertz CT molecular complexity index is 1150. The molecular weight excluding hydrogens is 378 g/mol. The highest BCUT2D eigenvalue weighted by molar-refractivity contribution is 5.94. The number of hydrogen-bond donors (Lipinski definition) is 2. The molecular formula is C22H21N7O. The van der Waals surface area contributed by atoms with E-state index in [2.05, 4.69) is 35.1 Å². The van der Waals surface area contributed by atoms with Crippen molar-refractivity contribution in [3.05, 3.63) is 78.6 Å². The van der Waals surface area contributed by atoms with E-state index in [1.165, 1.54) is 0 Å². The van der Waals surface area contributed by atoms with Crippen molar-refractivity contribution >= 4 is 22.9 Å². The fraction of sp³-hybridized carbons (Fsp3) is 0.227. The lowest BCUT2D eigenvalue weighted by Gasteiger charge is -2.36. The van der Waals surface area contributed by atoms with Gasteiger partial charge in [0.05, 0.1) is 6.33 Å². The van der Waals surface area contributed by atoms with E-state index in [-0.39, 0.29) is 18.0 Å². The van der Waals surface area contributed by atoms with Crippen molar-refractivity contribution in [1.82, 2.24) is 29.8 Å². The smallest absolute Gasteiger partial charge is 0.251 e. The van der Waals surface area contributed by atoms with Crippen LogP contribution in [-0.4, -0.2) is 36.5 Å². The van der Waals surface area contributed by atoms with Gasteiger partial charge < -0.3 is 15.2 Å². The molecule has 0 unspecified atom stereocenters. The number of carbonyl (C=O) groups excluding carboxylic acids is 1. The number of aromatic nitrogens is 5. The lowest BCUT2D eigenvalue weighted by Crippen LogP contribution is -2.44. The summed E-state index contributed by atoms with van der Waals surface area (Å²) in [6.45, 7) is 0.615. The van der Waals surface area contributed by atoms with Crippen molar-refractivity contribution in [3.63, 3.8) is 0 Å². The SMILES string of the molecule is O=C(NC1CC(n2cnc3c(NCc4cccnc4)ncnc32)C1)c1ccccc1. The summed E-state index contributed by atoms with van der Waals surface area (Å²) >= 11 is 0. The van der Waals surface area contributed by atoms with Crippen LogP contribution in [0.15, 0.2) is 67.5 Å². The molecule has 5 rings (SSSR count). The molecule has 0 aliphatic heterocycles. The van der Waals surface area contributed by atoms with Crippen molar-refractivity contribution in [2.24, 2.45) is 0 Å². The van der Waals surface area contributed by atoms with Crippen LogP contribution in [0.3, 0.4) is 0 Å². The first-order valence-electron chi connectivity index (χ1n) is 9.94. The van der Waals surface area contributed by atoms with E-state index in [1.807, 2.05) is 55.0 Å². The van der Waals surface area contributed by atoms with Crippen LogP contribution in [0.2, 0.25) is 0 Å². The fourth-order valence-electron chi connectivity index (χ4n) is 3.73. The van der Waals surface area contributed by atoms with Crippen LogP contribution in [0.1, 0.15) is 34.8 Å². The summed E-state index contributed by atoms with van der Waals surface area (Å²) in [4.78, 5) is 29.8. The van der Waals surface area contributed by atoms with Gasteiger partial charge in [-0.2, -0.15) is 0 Å². The number of anilines is 1. The van der Waals surface area contributed by atoms with Gasteiger partial charge in [-0.15, -0.1) is 0 Å². The highest BCUT2D eigenvalue weighted by Crippen LogP contribution is 2.35. The molecule has 2 N–H and O–H groups in total. The van der Waals surface area contributed by atoms with Gasteiger partial charge in [-0.1, -0.05) is 24.3 Å². The summed E-state index contributed by atoms with van der Waals surface area (Å²) in [7, 11) is 0. The van der Waals surface area contributed by atoms with Crippen molar-refractivity contribution in [1.29, 1.82) is 0 Å². The fourth-order valence-corrected chi connectivity index (χ4v) is 3.73. The molecule has 1 aliphatic carbocycles. The molecule has 0 radical (unpaired) electrons. The molecule has 1 saturated carbocycles. The topological polar surface area (TPSA) is 97.6 Å². The summed E-state index contributed by atoms with van der Waals surface area (Å²) in [5.74, 6) is 0.676. The Kier molecular flexibility index (Phi) is 4.80. The standard InChI is InChI=1S/C22H21N7O/c30-22(16-6-2-1-3-7-16)28-17-9-18(10-17)29-14-27-19-20(25-13-26-21(19)29)24-12-15-5-4-8-23-11-15/h1-8,11,13-14,17-18H,9-10,12H2,(H,28,30)(H,24,25,26). The first-order chi connectivity index (χ1) is 14.8. The Hall–Kier alpha value is -3.81. The van der Waals surface area contributed by atoms with Gasteiger partial charge in [-0.25, -0.2) is 15.0 Å². The third kappa shape index (κ3) is 3.59. The zero-order chi connectivity index (χ0) is 20.3. The lowest BCUT2D eigenvalue weighted by molar-refractivity contribution is 0.0894. The summed E-state index contributed by atoms with van der Waals surface area (Å²) < 4.78 is 2.08. The monoisotopic (exact) mass is 399 g/mol. The van der Waals surface area contributed by atoms with E-state index < -0.39 is 0 Å². The number of pyridine rings is 1. The Morgan fingerprint density at radius 3 is 2.73 bits per heavy atom.